The van der Waals surface area contributed by atoms with Gasteiger partial charge in [-0.3, -0.25) is 9.59 Å². The molecule has 3 rings (SSSR count). The zero-order valence-corrected chi connectivity index (χ0v) is 13.7. The Balaban J connectivity index is 1.88. The minimum Gasteiger partial charge on any atom is -0.480 e. The van der Waals surface area contributed by atoms with Gasteiger partial charge >= 0.3 is 12.0 Å². The highest BCUT2D eigenvalue weighted by atomic mass is 19.1. The van der Waals surface area contributed by atoms with E-state index in [1.807, 2.05) is 4.90 Å². The lowest BCUT2D eigenvalue weighted by Gasteiger charge is -2.19. The Kier molecular flexibility index (Phi) is 4.43. The fourth-order valence-electron chi connectivity index (χ4n) is 3.04. The molecule has 25 heavy (non-hydrogen) atoms. The monoisotopic (exact) mass is 347 g/mol. The van der Waals surface area contributed by atoms with Crippen molar-refractivity contribution in [2.24, 2.45) is 0 Å². The number of aryl methyl sites for hydroxylation is 1. The van der Waals surface area contributed by atoms with Crippen LogP contribution in [0, 0.1) is 12.7 Å². The van der Waals surface area contributed by atoms with Crippen molar-refractivity contribution in [2.75, 3.05) is 24.5 Å². The van der Waals surface area contributed by atoms with E-state index in [4.69, 9.17) is 5.11 Å². The number of hydrogen-bond donors (Lipinski definition) is 2. The molecular formula is C17H18FN3O4. The molecule has 0 spiro atoms. The van der Waals surface area contributed by atoms with E-state index in [1.54, 1.807) is 13.0 Å². The van der Waals surface area contributed by atoms with Crippen LogP contribution in [0.5, 0.6) is 0 Å². The average Bonchev–Trinajstić information content (AvgIpc) is 3.15. The number of amides is 3. The lowest BCUT2D eigenvalue weighted by molar-refractivity contribution is -0.140. The van der Waals surface area contributed by atoms with E-state index < -0.39 is 30.3 Å². The van der Waals surface area contributed by atoms with E-state index in [1.165, 1.54) is 12.1 Å². The summed E-state index contributed by atoms with van der Waals surface area (Å²) < 4.78 is 14.4. The highest BCUT2D eigenvalue weighted by molar-refractivity contribution is 6.15. The third kappa shape index (κ3) is 3.33. The van der Waals surface area contributed by atoms with Crippen LogP contribution < -0.4 is 10.2 Å². The topological polar surface area (TPSA) is 90.0 Å². The van der Waals surface area contributed by atoms with Gasteiger partial charge in [0.1, 0.15) is 18.1 Å². The predicted octanol–water partition coefficient (Wildman–Crippen LogP) is 1.71. The Bertz CT molecular complexity index is 784. The van der Waals surface area contributed by atoms with Crippen molar-refractivity contribution in [1.82, 2.24) is 10.2 Å². The second-order valence-corrected chi connectivity index (χ2v) is 6.13. The van der Waals surface area contributed by atoms with E-state index in [9.17, 15) is 18.8 Å². The van der Waals surface area contributed by atoms with Gasteiger partial charge in [0.2, 0.25) is 0 Å². The molecule has 0 unspecified atom stereocenters. The first-order chi connectivity index (χ1) is 11.9. The molecule has 2 heterocycles. The summed E-state index contributed by atoms with van der Waals surface area (Å²) in [7, 11) is 0. The molecule has 1 aromatic carbocycles. The van der Waals surface area contributed by atoms with Crippen molar-refractivity contribution in [1.29, 1.82) is 0 Å². The molecule has 7 nitrogen and oxygen atoms in total. The summed E-state index contributed by atoms with van der Waals surface area (Å²) in [5.41, 5.74) is 1.69. The molecule has 1 aromatic rings. The maximum absolute atomic E-state index is 14.4. The number of halogens is 1. The van der Waals surface area contributed by atoms with Gasteiger partial charge in [-0.25, -0.2) is 14.1 Å². The molecule has 8 heteroatoms. The number of nitrogens with one attached hydrogen (secondary N) is 1. The Hall–Kier alpha value is -2.90. The van der Waals surface area contributed by atoms with E-state index in [2.05, 4.69) is 5.32 Å². The summed E-state index contributed by atoms with van der Waals surface area (Å²) in [6.45, 7) is 2.70. The molecule has 0 radical (unpaired) electrons. The number of hydrogen-bond acceptors (Lipinski definition) is 4. The zero-order chi connectivity index (χ0) is 18.1. The van der Waals surface area contributed by atoms with Gasteiger partial charge < -0.3 is 15.3 Å². The zero-order valence-electron chi connectivity index (χ0n) is 13.7. The standard InChI is InChI=1S/C17H18FN3O4/c1-10-6-14(20-4-2-3-5-20)12(18)7-11(10)8-13-16(24)21(9-15(22)23)17(25)19-13/h6-8H,2-5,9H2,1H3,(H,19,25)(H,22,23)/b13-8+. The molecule has 2 fully saturated rings. The van der Waals surface area contributed by atoms with Crippen molar-refractivity contribution in [3.8, 4) is 0 Å². The first-order valence-electron chi connectivity index (χ1n) is 7.98. The Morgan fingerprint density at radius 3 is 2.64 bits per heavy atom. The quantitative estimate of drug-likeness (QED) is 0.639. The van der Waals surface area contributed by atoms with Gasteiger partial charge in [-0.15, -0.1) is 0 Å². The van der Waals surface area contributed by atoms with Crippen molar-refractivity contribution in [3.63, 3.8) is 0 Å². The fraction of sp³-hybridized carbons (Fsp3) is 0.353. The smallest absolute Gasteiger partial charge is 0.329 e. The predicted molar refractivity (Wildman–Crippen MR) is 88.4 cm³/mol. The van der Waals surface area contributed by atoms with E-state index >= 15 is 0 Å². The summed E-state index contributed by atoms with van der Waals surface area (Å²) in [6, 6.07) is 2.25. The number of carboxylic acids is 1. The number of imide groups is 1. The third-order valence-electron chi connectivity index (χ3n) is 4.34. The second-order valence-electron chi connectivity index (χ2n) is 6.13. The summed E-state index contributed by atoms with van der Waals surface area (Å²) >= 11 is 0. The fourth-order valence-corrected chi connectivity index (χ4v) is 3.04. The number of benzene rings is 1. The molecule has 0 aromatic heterocycles. The normalized spacial score (nSPS) is 19.0. The van der Waals surface area contributed by atoms with E-state index in [0.717, 1.165) is 31.5 Å². The van der Waals surface area contributed by atoms with E-state index in [-0.39, 0.29) is 5.70 Å². The van der Waals surface area contributed by atoms with Gasteiger partial charge in [-0.1, -0.05) is 0 Å². The van der Waals surface area contributed by atoms with Crippen molar-refractivity contribution < 1.29 is 23.9 Å². The van der Waals surface area contributed by atoms with Gasteiger partial charge in [0.25, 0.3) is 5.91 Å². The van der Waals surface area contributed by atoms with Gasteiger partial charge in [0.05, 0.1) is 5.69 Å². The number of urea groups is 1. The van der Waals surface area contributed by atoms with Crippen LogP contribution >= 0.6 is 0 Å². The molecule has 2 N–H and O–H groups in total. The second kappa shape index (κ2) is 6.54. The summed E-state index contributed by atoms with van der Waals surface area (Å²) in [6.07, 6.45) is 3.43. The van der Waals surface area contributed by atoms with Crippen LogP contribution in [0.25, 0.3) is 6.08 Å². The molecule has 0 saturated carbocycles. The molecular weight excluding hydrogens is 329 g/mol. The summed E-state index contributed by atoms with van der Waals surface area (Å²) in [4.78, 5) is 37.2. The maximum atomic E-state index is 14.4. The van der Waals surface area contributed by atoms with Gasteiger partial charge in [-0.05, 0) is 49.1 Å². The number of nitrogens with zero attached hydrogens (tertiary/aromatic N) is 2. The first-order valence-corrected chi connectivity index (χ1v) is 7.98. The number of anilines is 1. The maximum Gasteiger partial charge on any atom is 0.329 e. The molecule has 132 valence electrons. The summed E-state index contributed by atoms with van der Waals surface area (Å²) in [5.74, 6) is -2.42. The number of carbonyl (C=O) groups is 3. The van der Waals surface area contributed by atoms with Crippen LogP contribution in [0.2, 0.25) is 0 Å². The van der Waals surface area contributed by atoms with Crippen molar-refractivity contribution in [2.45, 2.75) is 19.8 Å². The lowest BCUT2D eigenvalue weighted by atomic mass is 10.1. The Morgan fingerprint density at radius 2 is 2.00 bits per heavy atom. The van der Waals surface area contributed by atoms with Gasteiger partial charge in [-0.2, -0.15) is 0 Å². The molecule has 2 saturated heterocycles. The van der Waals surface area contributed by atoms with Crippen LogP contribution in [0.4, 0.5) is 14.9 Å². The van der Waals surface area contributed by atoms with Gasteiger partial charge in [0.15, 0.2) is 0 Å². The molecule has 0 aliphatic carbocycles. The minimum absolute atomic E-state index is 0.0670. The van der Waals surface area contributed by atoms with Crippen LogP contribution in [0.3, 0.4) is 0 Å². The minimum atomic E-state index is -1.29. The van der Waals surface area contributed by atoms with Crippen molar-refractivity contribution >= 4 is 29.7 Å². The highest BCUT2D eigenvalue weighted by Gasteiger charge is 2.35. The van der Waals surface area contributed by atoms with Crippen LogP contribution in [0.1, 0.15) is 24.0 Å². The number of aliphatic carboxylic acids is 1. The van der Waals surface area contributed by atoms with E-state index in [0.29, 0.717) is 16.2 Å². The average molecular weight is 347 g/mol. The lowest BCUT2D eigenvalue weighted by Crippen LogP contribution is -2.35. The van der Waals surface area contributed by atoms with Crippen LogP contribution in [-0.2, 0) is 9.59 Å². The molecule has 2 aliphatic heterocycles. The Morgan fingerprint density at radius 1 is 1.32 bits per heavy atom. The summed E-state index contributed by atoms with van der Waals surface area (Å²) in [5, 5.41) is 11.1. The number of rotatable bonds is 4. The molecule has 3 amide bonds. The first kappa shape index (κ1) is 16.9. The highest BCUT2D eigenvalue weighted by Crippen LogP contribution is 2.28. The van der Waals surface area contributed by atoms with Crippen LogP contribution in [0.15, 0.2) is 17.8 Å². The van der Waals surface area contributed by atoms with Gasteiger partial charge in [0, 0.05) is 13.1 Å². The molecule has 0 bridgehead atoms. The number of carboxylic acid groups (broad SMARTS) is 1. The van der Waals surface area contributed by atoms with Crippen LogP contribution in [-0.4, -0.2) is 47.5 Å². The largest absolute Gasteiger partial charge is 0.480 e. The SMILES string of the molecule is Cc1cc(N2CCCC2)c(F)cc1/C=C1/NC(=O)N(CC(=O)O)C1=O. The molecule has 0 atom stereocenters. The molecule has 2 aliphatic rings. The number of carbonyl (C=O) groups excluding carboxylic acids is 2. The third-order valence-corrected chi connectivity index (χ3v) is 4.34. The Labute approximate surface area is 143 Å². The van der Waals surface area contributed by atoms with Crippen molar-refractivity contribution in [3.05, 3.63) is 34.8 Å².